The van der Waals surface area contributed by atoms with E-state index in [1.807, 2.05) is 20.8 Å². The lowest BCUT2D eigenvalue weighted by molar-refractivity contribution is -0.141. The van der Waals surface area contributed by atoms with E-state index in [1.165, 1.54) is 19.4 Å². The number of hydrogen-bond donors (Lipinski definition) is 5. The minimum Gasteiger partial charge on any atom is -0.495 e. The Morgan fingerprint density at radius 1 is 1.00 bits per heavy atom. The Balaban J connectivity index is 0.877. The molecule has 2 spiro atoms. The highest BCUT2D eigenvalue weighted by Crippen LogP contribution is 2.59. The van der Waals surface area contributed by atoms with Gasteiger partial charge in [-0.15, -0.1) is 0 Å². The van der Waals surface area contributed by atoms with E-state index >= 15 is 4.39 Å². The molecule has 70 heavy (non-hydrogen) atoms. The van der Waals surface area contributed by atoms with Crippen LogP contribution >= 0.6 is 11.6 Å². The molecule has 3 saturated heterocycles. The van der Waals surface area contributed by atoms with Crippen LogP contribution in [0.1, 0.15) is 108 Å². The molecule has 1 aromatic heterocycles. The Labute approximate surface area is 407 Å². The average molecular weight is 982 g/mol. The number of pyridine rings is 1. The number of piperidine rings is 2. The van der Waals surface area contributed by atoms with Gasteiger partial charge in [0.2, 0.25) is 17.7 Å². The van der Waals surface area contributed by atoms with Crippen LogP contribution in [0.2, 0.25) is 5.02 Å². The molecular formula is C52H52ClF4N7O6. The van der Waals surface area contributed by atoms with Crippen LogP contribution < -0.4 is 31.3 Å². The van der Waals surface area contributed by atoms with Crippen LogP contribution in [-0.4, -0.2) is 84.3 Å². The monoisotopic (exact) mass is 981 g/mol. The van der Waals surface area contributed by atoms with Gasteiger partial charge in [0.05, 0.1) is 23.9 Å². The smallest absolute Gasteiger partial charge is 0.433 e. The van der Waals surface area contributed by atoms with E-state index < -0.39 is 64.9 Å². The van der Waals surface area contributed by atoms with Crippen molar-refractivity contribution in [2.75, 3.05) is 37.4 Å². The minimum atomic E-state index is -4.70. The summed E-state index contributed by atoms with van der Waals surface area (Å²) in [7, 11) is 1.42. The van der Waals surface area contributed by atoms with Crippen LogP contribution in [0.15, 0.2) is 72.9 Å². The maximum absolute atomic E-state index is 16.3. The van der Waals surface area contributed by atoms with Gasteiger partial charge in [0.15, 0.2) is 0 Å². The number of methoxy groups -OCH3 is 1. The van der Waals surface area contributed by atoms with E-state index in [0.717, 1.165) is 30.9 Å². The summed E-state index contributed by atoms with van der Waals surface area (Å²) in [6.07, 6.45) is -0.206. The van der Waals surface area contributed by atoms with Gasteiger partial charge in [-0.1, -0.05) is 56.3 Å². The minimum absolute atomic E-state index is 0.00114. The first-order valence-electron chi connectivity index (χ1n) is 23.3. The zero-order valence-corrected chi connectivity index (χ0v) is 39.7. The van der Waals surface area contributed by atoms with E-state index in [2.05, 4.69) is 43.4 Å². The quantitative estimate of drug-likeness (QED) is 0.0678. The standard InChI is InChI=1S/C52H52ClF4N7O6/c1-49(2,3)25-40-51(27-59-37-23-39(52(55,56)57)58-26-33(37)51)42(32-6-5-7-34(53)43(32)54)44(62-40)47(68)60-35-15-13-30(22-38(35)70-4)48(69)64-20-18-50(19-21-64)24-31(50)14-10-28-8-11-29(12-9-28)45(66)61-36-16-17-41(65)63-46(36)67/h5-9,11-13,15,22-23,26,31,36,40,42,44,59,62H,16-21,24-25,27H2,1-4H3,(H,60,68)(H,61,66)(H,63,65,67)/t31-,36?,40-,42-,44+,51-/m0/s1. The first-order chi connectivity index (χ1) is 33.2. The second kappa shape index (κ2) is 18.3. The molecule has 5 aliphatic rings. The van der Waals surface area contributed by atoms with Gasteiger partial charge < -0.3 is 30.9 Å². The third-order valence-corrected chi connectivity index (χ3v) is 14.9. The van der Waals surface area contributed by atoms with E-state index in [4.69, 9.17) is 16.3 Å². The second-order valence-corrected chi connectivity index (χ2v) is 20.6. The number of aromatic nitrogens is 1. The zero-order chi connectivity index (χ0) is 49.9. The normalized spacial score (nSPS) is 24.5. The van der Waals surface area contributed by atoms with Gasteiger partial charge in [-0.05, 0) is 103 Å². The number of amides is 5. The highest BCUT2D eigenvalue weighted by Gasteiger charge is 2.62. The Morgan fingerprint density at radius 2 is 1.73 bits per heavy atom. The number of nitrogens with one attached hydrogen (secondary N) is 5. The molecule has 4 fully saturated rings. The van der Waals surface area contributed by atoms with Crippen molar-refractivity contribution in [1.29, 1.82) is 0 Å². The molecule has 1 saturated carbocycles. The van der Waals surface area contributed by atoms with Gasteiger partial charge in [-0.3, -0.25) is 34.3 Å². The summed E-state index contributed by atoms with van der Waals surface area (Å²) in [5.41, 5.74) is -0.0900. The SMILES string of the molecule is COc1cc(C(=O)N2CCC3(CC2)C[C@@H]3C#Cc2ccc(C(=O)NC3CCC(=O)NC3=O)cc2)ccc1NC(=O)[C@@H]1N[C@@H](CC(C)(C)C)[C@@]2(CNc3cc(C(F)(F)F)ncc32)[C@H]1c1cccc(Cl)c1F. The fourth-order valence-electron chi connectivity index (χ4n) is 10.9. The molecule has 1 unspecified atom stereocenters. The summed E-state index contributed by atoms with van der Waals surface area (Å²) in [5, 5.41) is 14.3. The van der Waals surface area contributed by atoms with Gasteiger partial charge in [0.25, 0.3) is 11.8 Å². The topological polar surface area (TPSA) is 171 Å². The summed E-state index contributed by atoms with van der Waals surface area (Å²) < 4.78 is 63.7. The maximum atomic E-state index is 16.3. The number of alkyl halides is 3. The van der Waals surface area contributed by atoms with E-state index in [0.29, 0.717) is 36.2 Å². The number of benzene rings is 3. The van der Waals surface area contributed by atoms with Crippen molar-refractivity contribution in [2.45, 2.75) is 94.9 Å². The number of nitrogens with zero attached hydrogens (tertiary/aromatic N) is 2. The van der Waals surface area contributed by atoms with Crippen LogP contribution in [0, 0.1) is 34.4 Å². The molecule has 5 heterocycles. The van der Waals surface area contributed by atoms with Crippen LogP contribution in [0.5, 0.6) is 5.75 Å². The summed E-state index contributed by atoms with van der Waals surface area (Å²) in [5.74, 6) is 3.22. The predicted octanol–water partition coefficient (Wildman–Crippen LogP) is 7.59. The van der Waals surface area contributed by atoms with Crippen molar-refractivity contribution in [2.24, 2.45) is 16.7 Å². The number of fused-ring (bicyclic) bond motifs is 2. The molecular weight excluding hydrogens is 930 g/mol. The zero-order valence-electron chi connectivity index (χ0n) is 38.9. The fourth-order valence-corrected chi connectivity index (χ4v) is 11.0. The molecule has 9 rings (SSSR count). The summed E-state index contributed by atoms with van der Waals surface area (Å²) in [4.78, 5) is 70.5. The predicted molar refractivity (Wildman–Crippen MR) is 253 cm³/mol. The lowest BCUT2D eigenvalue weighted by Gasteiger charge is -2.39. The highest BCUT2D eigenvalue weighted by atomic mass is 35.5. The number of carbonyl (C=O) groups is 5. The number of likely N-dealkylation sites (tertiary alicyclic amines) is 1. The lowest BCUT2D eigenvalue weighted by atomic mass is 9.63. The fraction of sp³-hybridized carbons (Fsp3) is 0.423. The number of halogens is 5. The van der Waals surface area contributed by atoms with Crippen molar-refractivity contribution in [1.82, 2.24) is 25.8 Å². The Morgan fingerprint density at radius 3 is 2.41 bits per heavy atom. The Kier molecular flexibility index (Phi) is 12.7. The molecule has 4 aliphatic heterocycles. The van der Waals surface area contributed by atoms with Gasteiger partial charge >= 0.3 is 6.18 Å². The number of rotatable bonds is 8. The Bertz CT molecular complexity index is 2850. The van der Waals surface area contributed by atoms with Crippen molar-refractivity contribution >= 4 is 52.5 Å². The van der Waals surface area contributed by atoms with Crippen molar-refractivity contribution in [3.05, 3.63) is 117 Å². The third-order valence-electron chi connectivity index (χ3n) is 14.6. The van der Waals surface area contributed by atoms with Gasteiger partial charge in [-0.2, -0.15) is 13.2 Å². The molecule has 3 aromatic carbocycles. The van der Waals surface area contributed by atoms with Crippen molar-refractivity contribution < 1.29 is 46.3 Å². The number of hydrogen-bond acceptors (Lipinski definition) is 9. The summed E-state index contributed by atoms with van der Waals surface area (Å²) >= 11 is 6.36. The molecule has 5 N–H and O–H groups in total. The molecule has 18 heteroatoms. The number of carbonyl (C=O) groups excluding carboxylic acids is 5. The van der Waals surface area contributed by atoms with Crippen LogP contribution in [0.25, 0.3) is 0 Å². The van der Waals surface area contributed by atoms with Crippen molar-refractivity contribution in [3.63, 3.8) is 0 Å². The molecule has 1 aliphatic carbocycles. The van der Waals surface area contributed by atoms with Crippen LogP contribution in [0.3, 0.4) is 0 Å². The third kappa shape index (κ3) is 9.31. The Hall–Kier alpha value is -6.51. The first kappa shape index (κ1) is 48.5. The van der Waals surface area contributed by atoms with E-state index in [-0.39, 0.29) is 75.7 Å². The summed E-state index contributed by atoms with van der Waals surface area (Å²) in [6.45, 7) is 7.16. The van der Waals surface area contributed by atoms with Crippen LogP contribution in [-0.2, 0) is 26.0 Å². The first-order valence-corrected chi connectivity index (χ1v) is 23.6. The molecule has 4 aromatic rings. The number of anilines is 2. The van der Waals surface area contributed by atoms with Gasteiger partial charge in [0.1, 0.15) is 23.3 Å². The number of imide groups is 1. The molecule has 366 valence electrons. The van der Waals surface area contributed by atoms with Crippen molar-refractivity contribution in [3.8, 4) is 17.6 Å². The van der Waals surface area contributed by atoms with E-state index in [9.17, 15) is 37.1 Å². The van der Waals surface area contributed by atoms with E-state index in [1.54, 1.807) is 59.5 Å². The molecule has 5 amide bonds. The second-order valence-electron chi connectivity index (χ2n) is 20.2. The number of ether oxygens (including phenoxy) is 1. The molecule has 6 atom stereocenters. The highest BCUT2D eigenvalue weighted by molar-refractivity contribution is 6.30. The molecule has 0 bridgehead atoms. The average Bonchev–Trinajstić information content (AvgIpc) is 3.68. The largest absolute Gasteiger partial charge is 0.495 e. The molecule has 0 radical (unpaired) electrons. The summed E-state index contributed by atoms with van der Waals surface area (Å²) in [6, 6.07) is 14.6. The maximum Gasteiger partial charge on any atom is 0.433 e. The molecule has 13 nitrogen and oxygen atoms in total. The lowest BCUT2D eigenvalue weighted by Crippen LogP contribution is -2.52. The van der Waals surface area contributed by atoms with Gasteiger partial charge in [0, 0.05) is 83.5 Å². The van der Waals surface area contributed by atoms with Crippen LogP contribution in [0.4, 0.5) is 28.9 Å². The van der Waals surface area contributed by atoms with Gasteiger partial charge in [-0.25, -0.2) is 4.39 Å².